The molecule has 13 nitrogen and oxygen atoms in total. The van der Waals surface area contributed by atoms with E-state index in [1.54, 1.807) is 18.2 Å². The summed E-state index contributed by atoms with van der Waals surface area (Å²) in [6.07, 6.45) is -0.904. The summed E-state index contributed by atoms with van der Waals surface area (Å²) in [5, 5.41) is 14.2. The van der Waals surface area contributed by atoms with Crippen molar-refractivity contribution in [2.75, 3.05) is 18.5 Å². The number of hydrogen-bond donors (Lipinski definition) is 2. The fourth-order valence-electron chi connectivity index (χ4n) is 5.05. The molecule has 5 rings (SSSR count). The summed E-state index contributed by atoms with van der Waals surface area (Å²) in [4.78, 5) is 43.4. The van der Waals surface area contributed by atoms with Crippen molar-refractivity contribution in [3.63, 3.8) is 0 Å². The number of aromatic amines is 1. The molecule has 46 heavy (non-hydrogen) atoms. The maximum Gasteiger partial charge on any atom is 0.491 e. The van der Waals surface area contributed by atoms with Crippen LogP contribution in [-0.4, -0.2) is 67.8 Å². The molecule has 1 aliphatic carbocycles. The molecule has 1 amide bonds. The molecule has 0 spiro atoms. The lowest BCUT2D eigenvalue weighted by Gasteiger charge is -2.17. The maximum absolute atomic E-state index is 13.4. The number of halogens is 4. The van der Waals surface area contributed by atoms with Crippen molar-refractivity contribution in [1.29, 1.82) is 0 Å². The highest BCUT2D eigenvalue weighted by Gasteiger charge is 2.44. The van der Waals surface area contributed by atoms with Crippen LogP contribution in [0.5, 0.6) is 0 Å². The predicted octanol–water partition coefficient (Wildman–Crippen LogP) is 4.75. The molecule has 0 radical (unpaired) electrons. The third kappa shape index (κ3) is 6.15. The topological polar surface area (TPSA) is 175 Å². The Morgan fingerprint density at radius 3 is 2.52 bits per heavy atom. The number of nitrogens with one attached hydrogen (secondary N) is 1. The van der Waals surface area contributed by atoms with Crippen molar-refractivity contribution in [2.24, 2.45) is 5.73 Å². The van der Waals surface area contributed by atoms with Crippen LogP contribution in [-0.2, 0) is 27.3 Å². The number of esters is 2. The second-order valence-corrected chi connectivity index (χ2v) is 10.9. The maximum atomic E-state index is 13.4. The first kappa shape index (κ1) is 32.5. The monoisotopic (exact) mass is 702 g/mol. The Labute approximate surface area is 267 Å². The molecule has 1 aromatic carbocycles. The molecule has 0 fully saturated rings. The Balaban J connectivity index is 1.77. The summed E-state index contributed by atoms with van der Waals surface area (Å²) in [5.41, 5.74) is 8.88. The van der Waals surface area contributed by atoms with Crippen molar-refractivity contribution < 1.29 is 36.7 Å². The molecule has 3 heterocycles. The van der Waals surface area contributed by atoms with Gasteiger partial charge in [0.1, 0.15) is 5.82 Å². The number of alkyl halides is 3. The summed E-state index contributed by atoms with van der Waals surface area (Å²) in [7, 11) is 1.27. The minimum absolute atomic E-state index is 0.147. The third-order valence-electron chi connectivity index (χ3n) is 7.24. The van der Waals surface area contributed by atoms with Crippen molar-refractivity contribution in [3.8, 4) is 33.6 Å². The van der Waals surface area contributed by atoms with E-state index in [9.17, 15) is 27.6 Å². The van der Waals surface area contributed by atoms with Crippen LogP contribution in [0.25, 0.3) is 33.6 Å². The molecule has 17 heteroatoms. The van der Waals surface area contributed by atoms with E-state index in [1.165, 1.54) is 24.1 Å². The van der Waals surface area contributed by atoms with Gasteiger partial charge in [-0.1, -0.05) is 37.6 Å². The van der Waals surface area contributed by atoms with Gasteiger partial charge in [-0.2, -0.15) is 13.2 Å². The lowest BCUT2D eigenvalue weighted by molar-refractivity contribution is -0.193. The van der Waals surface area contributed by atoms with Crippen LogP contribution < -0.4 is 10.6 Å². The molecule has 0 atom stereocenters. The van der Waals surface area contributed by atoms with Gasteiger partial charge >= 0.3 is 18.1 Å². The summed E-state index contributed by atoms with van der Waals surface area (Å²) >= 11 is 3.69. The lowest BCUT2D eigenvalue weighted by atomic mass is 9.97. The quantitative estimate of drug-likeness (QED) is 0.153. The zero-order chi connectivity index (χ0) is 33.2. The van der Waals surface area contributed by atoms with Crippen LogP contribution in [0.15, 0.2) is 51.7 Å². The average Bonchev–Trinajstić information content (AvgIpc) is 3.77. The summed E-state index contributed by atoms with van der Waals surface area (Å²) in [6.45, 7) is 1.30. The predicted molar refractivity (Wildman–Crippen MR) is 161 cm³/mol. The Hall–Kier alpha value is -4.90. The Bertz CT molecular complexity index is 1870. The van der Waals surface area contributed by atoms with E-state index in [4.69, 9.17) is 10.2 Å². The van der Waals surface area contributed by atoms with Crippen LogP contribution in [0, 0.1) is 0 Å². The number of likely N-dealkylation sites (N-methyl/N-ethyl adjacent to an activating group) is 1. The van der Waals surface area contributed by atoms with Gasteiger partial charge in [0.25, 0.3) is 0 Å². The van der Waals surface area contributed by atoms with E-state index in [0.717, 1.165) is 4.90 Å². The SMILES string of the molecule is CCCCc1nc(N(C)C(=O)CN)c(C(=O)OC(=O)C(F)(F)F)n1Cc1c2ccocc-2c(Br)c1-c1ccccc1-c1nnn[nH]1. The zero-order valence-electron chi connectivity index (χ0n) is 24.4. The van der Waals surface area contributed by atoms with Gasteiger partial charge in [0.15, 0.2) is 17.3 Å². The molecule has 2 aromatic heterocycles. The van der Waals surface area contributed by atoms with Crippen LogP contribution in [0.1, 0.15) is 41.6 Å². The number of carbonyl (C=O) groups is 3. The van der Waals surface area contributed by atoms with Gasteiger partial charge in [-0.3, -0.25) is 9.69 Å². The van der Waals surface area contributed by atoms with Gasteiger partial charge in [0, 0.05) is 34.6 Å². The molecule has 0 saturated carbocycles. The number of carbonyl (C=O) groups excluding carboxylic acids is 3. The number of aryl methyl sites for hydroxylation is 1. The van der Waals surface area contributed by atoms with Crippen LogP contribution in [0.2, 0.25) is 0 Å². The van der Waals surface area contributed by atoms with Gasteiger partial charge in [-0.25, -0.2) is 19.7 Å². The molecule has 240 valence electrons. The number of nitrogens with two attached hydrogens (primary N) is 1. The molecular weight excluding hydrogens is 677 g/mol. The highest BCUT2D eigenvalue weighted by molar-refractivity contribution is 9.10. The van der Waals surface area contributed by atoms with Gasteiger partial charge in [-0.05, 0) is 55.5 Å². The number of tetrazole rings is 1. The number of nitrogens with zero attached hydrogens (tertiary/aromatic N) is 6. The second-order valence-electron chi connectivity index (χ2n) is 10.1. The molecule has 2 aliphatic rings. The molecular formula is C29H26BrF3N8O5. The number of ether oxygens (including phenoxy) is 1. The van der Waals surface area contributed by atoms with Crippen LogP contribution in [0.4, 0.5) is 19.0 Å². The first-order chi connectivity index (χ1) is 22.0. The van der Waals surface area contributed by atoms with E-state index in [1.807, 2.05) is 19.1 Å². The van der Waals surface area contributed by atoms with E-state index >= 15 is 0 Å². The van der Waals surface area contributed by atoms with Crippen molar-refractivity contribution in [3.05, 3.63) is 64.4 Å². The van der Waals surface area contributed by atoms with Gasteiger partial charge in [-0.15, -0.1) is 5.10 Å². The number of benzene rings is 1. The van der Waals surface area contributed by atoms with Gasteiger partial charge < -0.3 is 19.5 Å². The minimum Gasteiger partial charge on any atom is -0.472 e. The summed E-state index contributed by atoms with van der Waals surface area (Å²) < 4.78 is 51.3. The molecule has 0 bridgehead atoms. The number of aromatic nitrogens is 6. The Morgan fingerprint density at radius 1 is 1.13 bits per heavy atom. The number of fused-ring (bicyclic) bond motifs is 1. The van der Waals surface area contributed by atoms with Gasteiger partial charge in [0.2, 0.25) is 5.91 Å². The fourth-order valence-corrected chi connectivity index (χ4v) is 5.81. The zero-order valence-corrected chi connectivity index (χ0v) is 26.0. The smallest absolute Gasteiger partial charge is 0.472 e. The summed E-state index contributed by atoms with van der Waals surface area (Å²) in [5.74, 6) is -4.69. The number of anilines is 1. The van der Waals surface area contributed by atoms with Crippen molar-refractivity contribution in [1.82, 2.24) is 30.2 Å². The number of imidazole rings is 1. The van der Waals surface area contributed by atoms with E-state index in [0.29, 0.717) is 56.5 Å². The van der Waals surface area contributed by atoms with Crippen LogP contribution in [0.3, 0.4) is 0 Å². The van der Waals surface area contributed by atoms with E-state index in [2.05, 4.69) is 46.3 Å². The number of amides is 1. The number of unbranched alkanes of at least 4 members (excludes halogenated alkanes) is 1. The van der Waals surface area contributed by atoms with Gasteiger partial charge in [0.05, 0.1) is 25.6 Å². The first-order valence-corrected chi connectivity index (χ1v) is 14.7. The Morgan fingerprint density at radius 2 is 1.87 bits per heavy atom. The largest absolute Gasteiger partial charge is 0.491 e. The average molecular weight is 703 g/mol. The van der Waals surface area contributed by atoms with E-state index in [-0.39, 0.29) is 24.6 Å². The summed E-state index contributed by atoms with van der Waals surface area (Å²) in [6, 6.07) is 8.95. The minimum atomic E-state index is -5.45. The lowest BCUT2D eigenvalue weighted by Crippen LogP contribution is -2.35. The second kappa shape index (κ2) is 13.2. The number of hydrogen-bond acceptors (Lipinski definition) is 10. The standard InChI is InChI=1S/C29H26BrF3N8O5/c1-3-4-9-20-35-26(40(2)21(42)12-34)24(27(43)46-28(44)29(31,32)33)41(20)13-18-15-10-11-45-14-19(15)23(30)22(18)16-7-5-6-8-17(16)25-36-38-39-37-25/h5-8,10-11,14H,3-4,9,12-13,34H2,1-2H3,(H,36,37,38,39). The van der Waals surface area contributed by atoms with Crippen molar-refractivity contribution >= 4 is 39.6 Å². The normalized spacial score (nSPS) is 11.6. The highest BCUT2D eigenvalue weighted by Crippen LogP contribution is 2.48. The molecule has 0 unspecified atom stereocenters. The third-order valence-corrected chi connectivity index (χ3v) is 8.07. The first-order valence-electron chi connectivity index (χ1n) is 13.9. The van der Waals surface area contributed by atoms with Crippen LogP contribution >= 0.6 is 15.9 Å². The molecule has 1 aliphatic heterocycles. The molecule has 0 saturated heterocycles. The number of H-pyrrole nitrogens is 1. The highest BCUT2D eigenvalue weighted by atomic mass is 79.9. The fraction of sp³-hybridized carbons (Fsp3) is 0.276. The number of rotatable bonds is 10. The van der Waals surface area contributed by atoms with Crippen molar-refractivity contribution in [2.45, 2.75) is 38.9 Å². The molecule has 3 aromatic rings. The Kier molecular flexibility index (Phi) is 9.34. The van der Waals surface area contributed by atoms with E-state index < -0.39 is 36.3 Å². The molecule has 3 N–H and O–H groups in total.